The Labute approximate surface area is 240 Å². The molecule has 4 aromatic carbocycles. The van der Waals surface area contributed by atoms with Crippen LogP contribution in [0.15, 0.2) is 115 Å². The second-order valence-corrected chi connectivity index (χ2v) is 9.71. The fourth-order valence-electron chi connectivity index (χ4n) is 4.02. The van der Waals surface area contributed by atoms with Gasteiger partial charge < -0.3 is 15.4 Å². The van der Waals surface area contributed by atoms with Gasteiger partial charge >= 0.3 is 0 Å². The minimum Gasteiger partial charge on any atom is -0.497 e. The summed E-state index contributed by atoms with van der Waals surface area (Å²) in [5, 5.41) is 5.57. The van der Waals surface area contributed by atoms with Crippen LogP contribution in [0.5, 0.6) is 5.75 Å². The third kappa shape index (κ3) is 8.13. The van der Waals surface area contributed by atoms with Gasteiger partial charge in [-0.3, -0.25) is 14.4 Å². The van der Waals surface area contributed by atoms with Crippen molar-refractivity contribution in [1.82, 2.24) is 5.32 Å². The maximum atomic E-state index is 13.3. The van der Waals surface area contributed by atoms with E-state index in [2.05, 4.69) is 24.5 Å². The van der Waals surface area contributed by atoms with Crippen LogP contribution in [0.25, 0.3) is 12.2 Å². The van der Waals surface area contributed by atoms with Gasteiger partial charge in [0.1, 0.15) is 11.4 Å². The number of nitrogens with one attached hydrogen (secondary N) is 2. The molecule has 206 valence electrons. The van der Waals surface area contributed by atoms with E-state index in [0.717, 1.165) is 11.1 Å². The molecule has 0 aromatic heterocycles. The van der Waals surface area contributed by atoms with E-state index in [-0.39, 0.29) is 11.5 Å². The van der Waals surface area contributed by atoms with E-state index < -0.39 is 11.8 Å². The lowest BCUT2D eigenvalue weighted by atomic mass is 10.0. The highest BCUT2D eigenvalue weighted by atomic mass is 16.5. The molecule has 2 amide bonds. The maximum absolute atomic E-state index is 13.3. The molecule has 4 rings (SSSR count). The number of allylic oxidation sites excluding steroid dienone is 1. The van der Waals surface area contributed by atoms with Gasteiger partial charge in [-0.1, -0.05) is 74.5 Å². The fraction of sp³-hybridized carbons (Fsp3) is 0.114. The Morgan fingerprint density at radius 2 is 1.46 bits per heavy atom. The van der Waals surface area contributed by atoms with Crippen molar-refractivity contribution in [3.05, 3.63) is 143 Å². The molecule has 0 radical (unpaired) electrons. The number of anilines is 1. The molecule has 2 N–H and O–H groups in total. The Kier molecular flexibility index (Phi) is 9.62. The van der Waals surface area contributed by atoms with Crippen molar-refractivity contribution in [2.24, 2.45) is 0 Å². The highest BCUT2D eigenvalue weighted by Crippen LogP contribution is 2.18. The lowest BCUT2D eigenvalue weighted by molar-refractivity contribution is -0.113. The van der Waals surface area contributed by atoms with E-state index in [1.807, 2.05) is 54.6 Å². The van der Waals surface area contributed by atoms with Crippen molar-refractivity contribution >= 4 is 35.4 Å². The summed E-state index contributed by atoms with van der Waals surface area (Å²) in [6, 6.07) is 30.5. The van der Waals surface area contributed by atoms with E-state index in [4.69, 9.17) is 4.74 Å². The average molecular weight is 545 g/mol. The predicted octanol–water partition coefficient (Wildman–Crippen LogP) is 7.12. The van der Waals surface area contributed by atoms with Crippen LogP contribution in [0.3, 0.4) is 0 Å². The van der Waals surface area contributed by atoms with Crippen molar-refractivity contribution in [1.29, 1.82) is 0 Å². The Morgan fingerprint density at radius 1 is 0.756 bits per heavy atom. The quantitative estimate of drug-likeness (QED) is 0.164. The summed E-state index contributed by atoms with van der Waals surface area (Å²) in [6.07, 6.45) is 4.86. The number of ether oxygens (including phenoxy) is 1. The molecule has 0 saturated carbocycles. The van der Waals surface area contributed by atoms with Gasteiger partial charge in [0.2, 0.25) is 0 Å². The van der Waals surface area contributed by atoms with E-state index in [1.165, 1.54) is 11.6 Å². The summed E-state index contributed by atoms with van der Waals surface area (Å²) in [5.41, 5.74) is 4.28. The van der Waals surface area contributed by atoms with E-state index >= 15 is 0 Å². The van der Waals surface area contributed by atoms with Crippen molar-refractivity contribution in [2.45, 2.75) is 19.8 Å². The molecule has 0 heterocycles. The third-order valence-corrected chi connectivity index (χ3v) is 6.39. The summed E-state index contributed by atoms with van der Waals surface area (Å²) in [7, 11) is 1.59. The Balaban J connectivity index is 1.49. The monoisotopic (exact) mass is 544 g/mol. The van der Waals surface area contributed by atoms with Gasteiger partial charge in [0, 0.05) is 16.8 Å². The fourth-order valence-corrected chi connectivity index (χ4v) is 4.02. The van der Waals surface area contributed by atoms with Crippen LogP contribution >= 0.6 is 0 Å². The number of hydrogen-bond acceptors (Lipinski definition) is 4. The Hall–Kier alpha value is -5.23. The predicted molar refractivity (Wildman–Crippen MR) is 164 cm³/mol. The van der Waals surface area contributed by atoms with E-state index in [1.54, 1.807) is 67.8 Å². The summed E-state index contributed by atoms with van der Waals surface area (Å²) < 4.78 is 5.22. The number of amides is 2. The van der Waals surface area contributed by atoms with Crippen LogP contribution in [0, 0.1) is 0 Å². The van der Waals surface area contributed by atoms with Crippen LogP contribution in [-0.4, -0.2) is 24.7 Å². The van der Waals surface area contributed by atoms with Crippen LogP contribution in [0.1, 0.15) is 57.2 Å². The van der Waals surface area contributed by atoms with E-state index in [0.29, 0.717) is 28.5 Å². The number of ketones is 1. The first-order valence-corrected chi connectivity index (χ1v) is 13.3. The maximum Gasteiger partial charge on any atom is 0.272 e. The molecule has 0 spiro atoms. The summed E-state index contributed by atoms with van der Waals surface area (Å²) in [4.78, 5) is 38.9. The number of carbonyl (C=O) groups excluding carboxylic acids is 3. The number of methoxy groups -OCH3 is 1. The van der Waals surface area contributed by atoms with Crippen LogP contribution < -0.4 is 15.4 Å². The number of hydrogen-bond donors (Lipinski definition) is 2. The number of rotatable bonds is 10. The minimum atomic E-state index is -0.487. The molecule has 0 bridgehead atoms. The third-order valence-electron chi connectivity index (χ3n) is 6.39. The SMILES string of the molecule is COc1cccc(/C=C/C(=O)c2ccc(NC(=O)/C(=C/c3ccc(C(C)C)cc3)NC(=O)c3ccccc3)cc2)c1. The molecule has 0 aliphatic heterocycles. The molecular weight excluding hydrogens is 512 g/mol. The van der Waals surface area contributed by atoms with Crippen molar-refractivity contribution in [2.75, 3.05) is 12.4 Å². The zero-order valence-electron chi connectivity index (χ0n) is 23.3. The van der Waals surface area contributed by atoms with Gasteiger partial charge in [-0.05, 0) is 83.3 Å². The molecule has 0 unspecified atom stereocenters. The summed E-state index contributed by atoms with van der Waals surface area (Å²) in [6.45, 7) is 4.22. The van der Waals surface area contributed by atoms with Gasteiger partial charge in [0.25, 0.3) is 11.8 Å². The molecular formula is C35H32N2O4. The first-order chi connectivity index (χ1) is 19.8. The lowest BCUT2D eigenvalue weighted by Gasteiger charge is -2.12. The standard InChI is InChI=1S/C35H32N2O4/c1-24(2)27-15-12-26(13-16-27)23-32(37-34(39)29-9-5-4-6-10-29)35(40)36-30-19-17-28(18-20-30)33(38)21-14-25-8-7-11-31(22-25)41-3/h4-24H,1-3H3,(H,36,40)(H,37,39)/b21-14+,32-23-. The van der Waals surface area contributed by atoms with Crippen molar-refractivity contribution in [3.8, 4) is 5.75 Å². The Morgan fingerprint density at radius 3 is 2.12 bits per heavy atom. The zero-order chi connectivity index (χ0) is 29.2. The van der Waals surface area contributed by atoms with Crippen LogP contribution in [-0.2, 0) is 4.79 Å². The molecule has 0 aliphatic rings. The second-order valence-electron chi connectivity index (χ2n) is 9.71. The largest absolute Gasteiger partial charge is 0.497 e. The molecule has 41 heavy (non-hydrogen) atoms. The van der Waals surface area contributed by atoms with Crippen LogP contribution in [0.4, 0.5) is 5.69 Å². The first kappa shape index (κ1) is 28.8. The van der Waals surface area contributed by atoms with Gasteiger partial charge in [-0.15, -0.1) is 0 Å². The van der Waals surface area contributed by atoms with Gasteiger partial charge in [-0.25, -0.2) is 0 Å². The minimum absolute atomic E-state index is 0.0949. The molecule has 4 aromatic rings. The number of benzene rings is 4. The van der Waals surface area contributed by atoms with Crippen molar-refractivity contribution in [3.63, 3.8) is 0 Å². The summed E-state index contributed by atoms with van der Waals surface area (Å²) >= 11 is 0. The molecule has 0 saturated heterocycles. The zero-order valence-corrected chi connectivity index (χ0v) is 23.3. The number of carbonyl (C=O) groups is 3. The average Bonchev–Trinajstić information content (AvgIpc) is 3.00. The molecule has 6 heteroatoms. The second kappa shape index (κ2) is 13.7. The van der Waals surface area contributed by atoms with Gasteiger partial charge in [0.15, 0.2) is 5.78 Å². The highest BCUT2D eigenvalue weighted by Gasteiger charge is 2.15. The normalized spacial score (nSPS) is 11.4. The Bertz CT molecular complexity index is 1570. The molecule has 0 atom stereocenters. The molecule has 6 nitrogen and oxygen atoms in total. The van der Waals surface area contributed by atoms with Gasteiger partial charge in [0.05, 0.1) is 7.11 Å². The highest BCUT2D eigenvalue weighted by molar-refractivity contribution is 6.11. The van der Waals surface area contributed by atoms with Crippen molar-refractivity contribution < 1.29 is 19.1 Å². The molecule has 0 fully saturated rings. The summed E-state index contributed by atoms with van der Waals surface area (Å²) in [5.74, 6) is 0.0291. The van der Waals surface area contributed by atoms with Crippen LogP contribution in [0.2, 0.25) is 0 Å². The van der Waals surface area contributed by atoms with E-state index in [9.17, 15) is 14.4 Å². The first-order valence-electron chi connectivity index (χ1n) is 13.3. The molecule has 0 aliphatic carbocycles. The smallest absolute Gasteiger partial charge is 0.272 e. The lowest BCUT2D eigenvalue weighted by Crippen LogP contribution is -2.30. The van der Waals surface area contributed by atoms with Gasteiger partial charge in [-0.2, -0.15) is 0 Å². The topological polar surface area (TPSA) is 84.5 Å².